The summed E-state index contributed by atoms with van der Waals surface area (Å²) in [5.41, 5.74) is 7.43. The quantitative estimate of drug-likeness (QED) is 0.677. The van der Waals surface area contributed by atoms with Gasteiger partial charge in [-0.2, -0.15) is 11.8 Å². The molecule has 0 bridgehead atoms. The van der Waals surface area contributed by atoms with Gasteiger partial charge in [0.05, 0.1) is 25.1 Å². The molecule has 96 valence electrons. The molecule has 0 radical (unpaired) electrons. The van der Waals surface area contributed by atoms with Gasteiger partial charge in [-0.3, -0.25) is 0 Å². The van der Waals surface area contributed by atoms with Crippen LogP contribution in [0.2, 0.25) is 0 Å². The van der Waals surface area contributed by atoms with E-state index in [4.69, 9.17) is 10.5 Å². The van der Waals surface area contributed by atoms with E-state index in [2.05, 4.69) is 5.32 Å². The molecule has 0 amide bonds. The van der Waals surface area contributed by atoms with Crippen molar-refractivity contribution < 1.29 is 9.84 Å². The predicted molar refractivity (Wildman–Crippen MR) is 74.9 cm³/mol. The first-order valence-corrected chi connectivity index (χ1v) is 6.74. The Hall–Kier alpha value is -1.07. The zero-order chi connectivity index (χ0) is 12.8. The highest BCUT2D eigenvalue weighted by Crippen LogP contribution is 2.26. The number of ether oxygens (including phenoxy) is 1. The molecule has 1 rings (SSSR count). The van der Waals surface area contributed by atoms with Gasteiger partial charge in [0, 0.05) is 17.4 Å². The molecule has 2 unspecified atom stereocenters. The molecule has 5 heteroatoms. The monoisotopic (exact) mass is 256 g/mol. The van der Waals surface area contributed by atoms with Crippen LogP contribution in [0.1, 0.15) is 6.92 Å². The summed E-state index contributed by atoms with van der Waals surface area (Å²) >= 11 is 1.63. The van der Waals surface area contributed by atoms with Crippen LogP contribution in [0.3, 0.4) is 0 Å². The summed E-state index contributed by atoms with van der Waals surface area (Å²) in [5, 5.41) is 12.7. The predicted octanol–water partition coefficient (Wildman–Crippen LogP) is 1.80. The van der Waals surface area contributed by atoms with Crippen molar-refractivity contribution in [2.75, 3.05) is 31.0 Å². The molecule has 0 aliphatic carbocycles. The lowest BCUT2D eigenvalue weighted by atomic mass is 10.2. The summed E-state index contributed by atoms with van der Waals surface area (Å²) < 4.78 is 5.09. The second-order valence-electron chi connectivity index (χ2n) is 3.84. The Morgan fingerprint density at radius 1 is 1.53 bits per heavy atom. The minimum atomic E-state index is 0.144. The van der Waals surface area contributed by atoms with E-state index < -0.39 is 0 Å². The van der Waals surface area contributed by atoms with Crippen molar-refractivity contribution in [3.63, 3.8) is 0 Å². The van der Waals surface area contributed by atoms with Crippen LogP contribution >= 0.6 is 11.8 Å². The van der Waals surface area contributed by atoms with Crippen LogP contribution in [0.4, 0.5) is 11.4 Å². The number of anilines is 2. The molecule has 4 N–H and O–H groups in total. The van der Waals surface area contributed by atoms with Crippen LogP contribution in [0.5, 0.6) is 5.75 Å². The van der Waals surface area contributed by atoms with Gasteiger partial charge in [-0.1, -0.05) is 0 Å². The number of methoxy groups -OCH3 is 1. The van der Waals surface area contributed by atoms with Gasteiger partial charge in [0.1, 0.15) is 5.75 Å². The molecule has 4 nitrogen and oxygen atoms in total. The lowest BCUT2D eigenvalue weighted by Gasteiger charge is -2.23. The van der Waals surface area contributed by atoms with Crippen LogP contribution in [0, 0.1) is 0 Å². The Morgan fingerprint density at radius 3 is 2.71 bits per heavy atom. The normalized spacial score (nSPS) is 14.1. The van der Waals surface area contributed by atoms with E-state index in [1.54, 1.807) is 24.9 Å². The maximum absolute atomic E-state index is 9.21. The van der Waals surface area contributed by atoms with Gasteiger partial charge < -0.3 is 20.9 Å². The fraction of sp³-hybridized carbons (Fsp3) is 0.500. The maximum Gasteiger partial charge on any atom is 0.121 e. The van der Waals surface area contributed by atoms with Crippen LogP contribution in [0.25, 0.3) is 0 Å². The summed E-state index contributed by atoms with van der Waals surface area (Å²) in [7, 11) is 1.61. The Labute approximate surface area is 107 Å². The summed E-state index contributed by atoms with van der Waals surface area (Å²) in [5.74, 6) is 0.740. The Morgan fingerprint density at radius 2 is 2.24 bits per heavy atom. The molecule has 2 atom stereocenters. The molecule has 0 saturated heterocycles. The lowest BCUT2D eigenvalue weighted by molar-refractivity contribution is 0.288. The third kappa shape index (κ3) is 3.71. The number of aliphatic hydroxyl groups excluding tert-OH is 1. The summed E-state index contributed by atoms with van der Waals surface area (Å²) in [6, 6.07) is 5.67. The lowest BCUT2D eigenvalue weighted by Crippen LogP contribution is -2.31. The van der Waals surface area contributed by atoms with E-state index >= 15 is 0 Å². The van der Waals surface area contributed by atoms with E-state index in [-0.39, 0.29) is 17.9 Å². The average Bonchev–Trinajstić information content (AvgIpc) is 2.33. The first-order valence-electron chi connectivity index (χ1n) is 5.46. The fourth-order valence-electron chi connectivity index (χ4n) is 1.57. The molecule has 0 aromatic heterocycles. The van der Waals surface area contributed by atoms with E-state index in [1.165, 1.54) is 0 Å². The Bertz CT molecular complexity index is 356. The van der Waals surface area contributed by atoms with Crippen LogP contribution in [-0.4, -0.2) is 36.4 Å². The number of nitrogen functional groups attached to an aromatic ring is 1. The number of nitrogens with one attached hydrogen (secondary N) is 1. The maximum atomic E-state index is 9.21. The third-order valence-corrected chi connectivity index (χ3v) is 3.85. The smallest absolute Gasteiger partial charge is 0.121 e. The average molecular weight is 256 g/mol. The van der Waals surface area contributed by atoms with Crippen LogP contribution in [-0.2, 0) is 0 Å². The molecule has 1 aromatic rings. The van der Waals surface area contributed by atoms with Gasteiger partial charge in [-0.15, -0.1) is 0 Å². The second-order valence-corrected chi connectivity index (χ2v) is 4.92. The number of aliphatic hydroxyl groups is 1. The van der Waals surface area contributed by atoms with Crippen molar-refractivity contribution >= 4 is 23.1 Å². The molecule has 0 saturated carbocycles. The topological polar surface area (TPSA) is 67.5 Å². The van der Waals surface area contributed by atoms with Crippen LogP contribution < -0.4 is 15.8 Å². The second kappa shape index (κ2) is 6.61. The highest BCUT2D eigenvalue weighted by Gasteiger charge is 2.15. The first-order chi connectivity index (χ1) is 8.12. The van der Waals surface area contributed by atoms with E-state index in [0.717, 1.165) is 11.4 Å². The molecule has 0 spiro atoms. The number of rotatable bonds is 6. The third-order valence-electron chi connectivity index (χ3n) is 2.68. The minimum absolute atomic E-state index is 0.144. The van der Waals surface area contributed by atoms with Crippen molar-refractivity contribution in [2.45, 2.75) is 18.2 Å². The number of benzene rings is 1. The number of nitrogens with two attached hydrogens (primary N) is 1. The van der Waals surface area contributed by atoms with Gasteiger partial charge in [0.25, 0.3) is 0 Å². The zero-order valence-electron chi connectivity index (χ0n) is 10.4. The first kappa shape index (κ1) is 14.0. The van der Waals surface area contributed by atoms with Gasteiger partial charge in [-0.25, -0.2) is 0 Å². The summed E-state index contributed by atoms with van der Waals surface area (Å²) in [4.78, 5) is 0. The van der Waals surface area contributed by atoms with E-state index in [1.807, 2.05) is 25.3 Å². The highest BCUT2D eigenvalue weighted by molar-refractivity contribution is 7.99. The molecule has 0 fully saturated rings. The van der Waals surface area contributed by atoms with Crippen LogP contribution in [0.15, 0.2) is 18.2 Å². The molecular weight excluding hydrogens is 236 g/mol. The summed E-state index contributed by atoms with van der Waals surface area (Å²) in [6.07, 6.45) is 1.98. The molecule has 1 aromatic carbocycles. The highest BCUT2D eigenvalue weighted by atomic mass is 32.2. The summed E-state index contributed by atoms with van der Waals surface area (Å²) in [6.45, 7) is 2.17. The number of hydrogen-bond donors (Lipinski definition) is 3. The largest absolute Gasteiger partial charge is 0.497 e. The van der Waals surface area contributed by atoms with Crippen molar-refractivity contribution in [2.24, 2.45) is 0 Å². The Kier molecular flexibility index (Phi) is 5.44. The molecule has 0 aliphatic heterocycles. The number of hydrogen-bond acceptors (Lipinski definition) is 5. The zero-order valence-corrected chi connectivity index (χ0v) is 11.3. The van der Waals surface area contributed by atoms with Gasteiger partial charge in [0.15, 0.2) is 0 Å². The fourth-order valence-corrected chi connectivity index (χ4v) is 2.20. The molecule has 0 heterocycles. The molecule has 17 heavy (non-hydrogen) atoms. The van der Waals surface area contributed by atoms with Crippen molar-refractivity contribution in [3.8, 4) is 5.75 Å². The van der Waals surface area contributed by atoms with Crippen molar-refractivity contribution in [3.05, 3.63) is 18.2 Å². The van der Waals surface area contributed by atoms with Crippen molar-refractivity contribution in [1.29, 1.82) is 0 Å². The molecular formula is C12H20N2O2S. The molecule has 0 aliphatic rings. The van der Waals surface area contributed by atoms with Crippen molar-refractivity contribution in [1.82, 2.24) is 0 Å². The van der Waals surface area contributed by atoms with Gasteiger partial charge >= 0.3 is 0 Å². The van der Waals surface area contributed by atoms with Gasteiger partial charge in [-0.05, 0) is 25.3 Å². The standard InChI is InChI=1S/C12H20N2O2S/c1-8(12(7-15)17-3)14-11-5-4-9(16-2)6-10(11)13/h4-6,8,12,14-15H,7,13H2,1-3H3. The minimum Gasteiger partial charge on any atom is -0.497 e. The SMILES string of the molecule is COc1ccc(NC(C)C(CO)SC)c(N)c1. The number of thioether (sulfide) groups is 1. The van der Waals surface area contributed by atoms with E-state index in [0.29, 0.717) is 5.69 Å². The van der Waals surface area contributed by atoms with E-state index in [9.17, 15) is 5.11 Å². The Balaban J connectivity index is 2.74. The van der Waals surface area contributed by atoms with Gasteiger partial charge in [0.2, 0.25) is 0 Å².